The van der Waals surface area contributed by atoms with Crippen LogP contribution in [0.4, 0.5) is 0 Å². The number of nitrogens with one attached hydrogen (secondary N) is 1. The van der Waals surface area contributed by atoms with Crippen LogP contribution in [-0.2, 0) is 17.9 Å². The number of rotatable bonds is 7. The first-order chi connectivity index (χ1) is 14.6. The monoisotopic (exact) mass is 407 g/mol. The van der Waals surface area contributed by atoms with Gasteiger partial charge in [0, 0.05) is 18.7 Å². The maximum absolute atomic E-state index is 12.2. The first-order valence-electron chi connectivity index (χ1n) is 9.11. The highest BCUT2D eigenvalue weighted by Crippen LogP contribution is 2.15. The average Bonchev–Trinajstić information content (AvgIpc) is 3.45. The first kappa shape index (κ1) is 19.1. The standard InChI is InChI=1S/C20H17N5O5/c26-18(13-25-20(28)8-6-15(23-25)17-4-2-12-30-17)21-9-10-24-19(27)7-5-14(22-24)16-3-1-11-29-16/h1-8,11-12H,9-10,13H2,(H,21,26). The lowest BCUT2D eigenvalue weighted by molar-refractivity contribution is -0.121. The number of aromatic nitrogens is 4. The van der Waals surface area contributed by atoms with Crippen LogP contribution in [-0.4, -0.2) is 32.0 Å². The number of carbonyl (C=O) groups is 1. The number of carbonyl (C=O) groups excluding carboxylic acids is 1. The van der Waals surface area contributed by atoms with E-state index in [1.807, 2.05) is 0 Å². The van der Waals surface area contributed by atoms with Gasteiger partial charge in [-0.05, 0) is 36.4 Å². The van der Waals surface area contributed by atoms with Crippen molar-refractivity contribution in [3.63, 3.8) is 0 Å². The van der Waals surface area contributed by atoms with Crippen molar-refractivity contribution in [3.8, 4) is 22.9 Å². The number of amides is 1. The van der Waals surface area contributed by atoms with Gasteiger partial charge >= 0.3 is 0 Å². The molecule has 0 saturated heterocycles. The molecule has 10 nitrogen and oxygen atoms in total. The molecule has 1 N–H and O–H groups in total. The Bertz CT molecular complexity index is 1260. The highest BCUT2D eigenvalue weighted by atomic mass is 16.3. The summed E-state index contributed by atoms with van der Waals surface area (Å²) in [6, 6.07) is 12.7. The highest BCUT2D eigenvalue weighted by molar-refractivity contribution is 5.75. The van der Waals surface area contributed by atoms with E-state index in [0.717, 1.165) is 4.68 Å². The van der Waals surface area contributed by atoms with E-state index < -0.39 is 11.5 Å². The van der Waals surface area contributed by atoms with E-state index in [1.165, 1.54) is 35.4 Å². The Morgan fingerprint density at radius 1 is 0.833 bits per heavy atom. The van der Waals surface area contributed by atoms with Gasteiger partial charge in [0.25, 0.3) is 11.1 Å². The molecule has 0 saturated carbocycles. The van der Waals surface area contributed by atoms with E-state index in [9.17, 15) is 14.4 Å². The first-order valence-corrected chi connectivity index (χ1v) is 9.11. The van der Waals surface area contributed by atoms with Gasteiger partial charge in [-0.2, -0.15) is 10.2 Å². The van der Waals surface area contributed by atoms with Crippen LogP contribution in [0.5, 0.6) is 0 Å². The zero-order chi connectivity index (χ0) is 20.9. The predicted molar refractivity (Wildman–Crippen MR) is 105 cm³/mol. The maximum atomic E-state index is 12.2. The van der Waals surface area contributed by atoms with Gasteiger partial charge in [0.1, 0.15) is 17.9 Å². The summed E-state index contributed by atoms with van der Waals surface area (Å²) in [7, 11) is 0. The molecule has 30 heavy (non-hydrogen) atoms. The van der Waals surface area contributed by atoms with Crippen LogP contribution >= 0.6 is 0 Å². The third kappa shape index (κ3) is 4.27. The van der Waals surface area contributed by atoms with Gasteiger partial charge in [-0.1, -0.05) is 0 Å². The largest absolute Gasteiger partial charge is 0.463 e. The van der Waals surface area contributed by atoms with Crippen molar-refractivity contribution in [2.75, 3.05) is 6.54 Å². The van der Waals surface area contributed by atoms with Crippen molar-refractivity contribution >= 4 is 5.91 Å². The van der Waals surface area contributed by atoms with Crippen LogP contribution in [0.25, 0.3) is 22.9 Å². The molecule has 0 aliphatic rings. The lowest BCUT2D eigenvalue weighted by atomic mass is 10.3. The second-order valence-electron chi connectivity index (χ2n) is 6.30. The molecule has 0 radical (unpaired) electrons. The summed E-state index contributed by atoms with van der Waals surface area (Å²) in [5.41, 5.74) is 0.238. The minimum absolute atomic E-state index is 0.153. The minimum Gasteiger partial charge on any atom is -0.463 e. The van der Waals surface area contributed by atoms with Crippen LogP contribution < -0.4 is 16.4 Å². The Hall–Kier alpha value is -4.21. The maximum Gasteiger partial charge on any atom is 0.267 e. The molecule has 0 fully saturated rings. The minimum atomic E-state index is -0.420. The zero-order valence-corrected chi connectivity index (χ0v) is 15.7. The molecule has 0 aromatic carbocycles. The summed E-state index contributed by atoms with van der Waals surface area (Å²) in [5.74, 6) is 0.608. The lowest BCUT2D eigenvalue weighted by Gasteiger charge is -2.09. The Kier molecular flexibility index (Phi) is 5.37. The zero-order valence-electron chi connectivity index (χ0n) is 15.7. The van der Waals surface area contributed by atoms with Crippen LogP contribution in [0.2, 0.25) is 0 Å². The molecule has 152 valence electrons. The van der Waals surface area contributed by atoms with Gasteiger partial charge in [-0.25, -0.2) is 9.36 Å². The van der Waals surface area contributed by atoms with E-state index in [2.05, 4.69) is 15.5 Å². The van der Waals surface area contributed by atoms with Crippen molar-refractivity contribution in [1.82, 2.24) is 24.9 Å². The molecule has 0 aliphatic carbocycles. The molecule has 1 amide bonds. The van der Waals surface area contributed by atoms with Crippen LogP contribution in [0.15, 0.2) is 79.5 Å². The van der Waals surface area contributed by atoms with Crippen molar-refractivity contribution in [1.29, 1.82) is 0 Å². The van der Waals surface area contributed by atoms with E-state index in [0.29, 0.717) is 22.9 Å². The third-order valence-electron chi connectivity index (χ3n) is 4.22. The fourth-order valence-corrected chi connectivity index (χ4v) is 2.78. The molecule has 0 atom stereocenters. The number of hydrogen-bond donors (Lipinski definition) is 1. The molecule has 10 heteroatoms. The smallest absolute Gasteiger partial charge is 0.267 e. The Morgan fingerprint density at radius 3 is 1.97 bits per heavy atom. The number of hydrogen-bond acceptors (Lipinski definition) is 7. The Balaban J connectivity index is 1.38. The van der Waals surface area contributed by atoms with Gasteiger partial charge in [0.15, 0.2) is 11.5 Å². The second kappa shape index (κ2) is 8.43. The molecule has 0 unspecified atom stereocenters. The van der Waals surface area contributed by atoms with E-state index >= 15 is 0 Å². The fourth-order valence-electron chi connectivity index (χ4n) is 2.78. The molecular formula is C20H17N5O5. The molecule has 4 aromatic heterocycles. The molecule has 0 aliphatic heterocycles. The quantitative estimate of drug-likeness (QED) is 0.487. The van der Waals surface area contributed by atoms with Crippen molar-refractivity contribution in [2.45, 2.75) is 13.1 Å². The summed E-state index contributed by atoms with van der Waals surface area (Å²) in [6.07, 6.45) is 3.01. The van der Waals surface area contributed by atoms with Crippen molar-refractivity contribution < 1.29 is 13.6 Å². The number of nitrogens with zero attached hydrogens (tertiary/aromatic N) is 4. The SMILES string of the molecule is O=C(Cn1nc(-c2ccco2)ccc1=O)NCCn1nc(-c2ccco2)ccc1=O. The molecule has 0 spiro atoms. The van der Waals surface area contributed by atoms with Crippen LogP contribution in [0, 0.1) is 0 Å². The lowest BCUT2D eigenvalue weighted by Crippen LogP contribution is -2.36. The molecule has 4 rings (SSSR count). The van der Waals surface area contributed by atoms with Crippen LogP contribution in [0.3, 0.4) is 0 Å². The highest BCUT2D eigenvalue weighted by Gasteiger charge is 2.10. The summed E-state index contributed by atoms with van der Waals surface area (Å²) >= 11 is 0. The van der Waals surface area contributed by atoms with E-state index in [4.69, 9.17) is 8.83 Å². The van der Waals surface area contributed by atoms with E-state index in [-0.39, 0.29) is 25.2 Å². The number of furan rings is 2. The van der Waals surface area contributed by atoms with Gasteiger partial charge in [0.2, 0.25) is 5.91 Å². The molecular weight excluding hydrogens is 390 g/mol. The Labute approximate surface area is 169 Å². The molecule has 4 heterocycles. The van der Waals surface area contributed by atoms with Gasteiger partial charge < -0.3 is 14.2 Å². The fraction of sp³-hybridized carbons (Fsp3) is 0.150. The summed E-state index contributed by atoms with van der Waals surface area (Å²) < 4.78 is 12.8. The summed E-state index contributed by atoms with van der Waals surface area (Å²) in [4.78, 5) is 36.2. The summed E-state index contributed by atoms with van der Waals surface area (Å²) in [6.45, 7) is 0.0516. The normalized spacial score (nSPS) is 10.8. The van der Waals surface area contributed by atoms with Gasteiger partial charge in [-0.15, -0.1) is 0 Å². The summed E-state index contributed by atoms with van der Waals surface area (Å²) in [5, 5.41) is 11.0. The average molecular weight is 407 g/mol. The van der Waals surface area contributed by atoms with E-state index in [1.54, 1.807) is 30.3 Å². The Morgan fingerprint density at radius 2 is 1.40 bits per heavy atom. The van der Waals surface area contributed by atoms with Gasteiger partial charge in [-0.3, -0.25) is 14.4 Å². The predicted octanol–water partition coefficient (Wildman–Crippen LogP) is 1.14. The van der Waals surface area contributed by atoms with Crippen molar-refractivity contribution in [3.05, 3.63) is 81.8 Å². The second-order valence-corrected chi connectivity index (χ2v) is 6.30. The van der Waals surface area contributed by atoms with Gasteiger partial charge in [0.05, 0.1) is 19.1 Å². The molecule has 4 aromatic rings. The van der Waals surface area contributed by atoms with Crippen molar-refractivity contribution in [2.24, 2.45) is 0 Å². The third-order valence-corrected chi connectivity index (χ3v) is 4.22. The molecule has 0 bridgehead atoms. The van der Waals surface area contributed by atoms with Crippen LogP contribution in [0.1, 0.15) is 0 Å². The topological polar surface area (TPSA) is 125 Å².